The number of rotatable bonds is 3. The monoisotopic (exact) mass is 310 g/mol. The van der Waals surface area contributed by atoms with E-state index in [0.29, 0.717) is 28.6 Å². The highest BCUT2D eigenvalue weighted by atomic mass is 35.5. The number of hydrogen-bond donors (Lipinski definition) is 1. The molecular weight excluding hydrogens is 288 g/mol. The highest BCUT2D eigenvalue weighted by Crippen LogP contribution is 2.19. The lowest BCUT2D eigenvalue weighted by Crippen LogP contribution is -2.56. The van der Waals surface area contributed by atoms with Gasteiger partial charge in [0, 0.05) is 37.3 Å². The first-order chi connectivity index (χ1) is 9.92. The molecule has 1 aliphatic rings. The predicted octanol–water partition coefficient (Wildman–Crippen LogP) is 2.33. The van der Waals surface area contributed by atoms with Crippen molar-refractivity contribution in [2.24, 2.45) is 0 Å². The van der Waals surface area contributed by atoms with Crippen LogP contribution in [0, 0.1) is 0 Å². The third-order valence-electron chi connectivity index (χ3n) is 4.05. The van der Waals surface area contributed by atoms with Crippen LogP contribution in [-0.4, -0.2) is 59.5 Å². The summed E-state index contributed by atoms with van der Waals surface area (Å²) in [5, 5.41) is 3.44. The van der Waals surface area contributed by atoms with E-state index in [1.54, 1.807) is 12.1 Å². The van der Waals surface area contributed by atoms with Crippen LogP contribution in [0.3, 0.4) is 0 Å². The molecule has 1 aromatic heterocycles. The zero-order valence-corrected chi connectivity index (χ0v) is 13.8. The summed E-state index contributed by atoms with van der Waals surface area (Å²) >= 11 is 6.02. The standard InChI is InChI=1S/C15H23ClN4O/c1-5-17-14-7-12(6-13(16)18-14)15(21)20-8-10(2)19(4)11(3)9-20/h6-7,10-11H,5,8-9H2,1-4H3,(H,17,18). The minimum absolute atomic E-state index is 0.0188. The zero-order chi connectivity index (χ0) is 15.6. The minimum atomic E-state index is 0.0188. The smallest absolute Gasteiger partial charge is 0.254 e. The van der Waals surface area contributed by atoms with E-state index in [-0.39, 0.29) is 5.91 Å². The van der Waals surface area contributed by atoms with Gasteiger partial charge in [0.05, 0.1) is 0 Å². The number of halogens is 1. The van der Waals surface area contributed by atoms with Crippen LogP contribution in [-0.2, 0) is 0 Å². The van der Waals surface area contributed by atoms with Crippen molar-refractivity contribution in [1.29, 1.82) is 0 Å². The fourth-order valence-electron chi connectivity index (χ4n) is 2.64. The van der Waals surface area contributed by atoms with Crippen LogP contribution in [0.5, 0.6) is 0 Å². The van der Waals surface area contributed by atoms with Gasteiger partial charge in [-0.05, 0) is 40.0 Å². The normalized spacial score (nSPS) is 23.2. The van der Waals surface area contributed by atoms with Crippen LogP contribution in [0.15, 0.2) is 12.1 Å². The Kier molecular flexibility index (Phi) is 5.06. The number of carbonyl (C=O) groups excluding carboxylic acids is 1. The molecule has 1 N–H and O–H groups in total. The Morgan fingerprint density at radius 2 is 2.00 bits per heavy atom. The number of pyridine rings is 1. The van der Waals surface area contributed by atoms with Crippen molar-refractivity contribution in [3.05, 3.63) is 22.8 Å². The molecule has 0 saturated carbocycles. The molecule has 0 aromatic carbocycles. The fraction of sp³-hybridized carbons (Fsp3) is 0.600. The van der Waals surface area contributed by atoms with Crippen molar-refractivity contribution < 1.29 is 4.79 Å². The van der Waals surface area contributed by atoms with Crippen molar-refractivity contribution in [2.45, 2.75) is 32.9 Å². The fourth-order valence-corrected chi connectivity index (χ4v) is 2.85. The van der Waals surface area contributed by atoms with E-state index in [1.165, 1.54) is 0 Å². The van der Waals surface area contributed by atoms with Crippen molar-refractivity contribution in [1.82, 2.24) is 14.8 Å². The van der Waals surface area contributed by atoms with Crippen LogP contribution in [0.1, 0.15) is 31.1 Å². The number of carbonyl (C=O) groups is 1. The maximum atomic E-state index is 12.7. The quantitative estimate of drug-likeness (QED) is 0.871. The Labute approximate surface area is 131 Å². The molecule has 0 radical (unpaired) electrons. The summed E-state index contributed by atoms with van der Waals surface area (Å²) in [6.07, 6.45) is 0. The van der Waals surface area contributed by atoms with Crippen LogP contribution in [0.4, 0.5) is 5.82 Å². The number of hydrogen-bond acceptors (Lipinski definition) is 4. The molecule has 0 bridgehead atoms. The molecule has 2 rings (SSSR count). The van der Waals surface area contributed by atoms with E-state index >= 15 is 0 Å². The Morgan fingerprint density at radius 3 is 2.57 bits per heavy atom. The number of anilines is 1. The van der Waals surface area contributed by atoms with Gasteiger partial charge in [-0.15, -0.1) is 0 Å². The first kappa shape index (κ1) is 16.0. The Bertz CT molecular complexity index is 510. The summed E-state index contributed by atoms with van der Waals surface area (Å²) in [6, 6.07) is 4.11. The van der Waals surface area contributed by atoms with E-state index in [2.05, 4.69) is 36.1 Å². The SMILES string of the molecule is CCNc1cc(C(=O)N2CC(C)N(C)C(C)C2)cc(Cl)n1. The number of likely N-dealkylation sites (N-methyl/N-ethyl adjacent to an activating group) is 1. The molecule has 0 aliphatic carbocycles. The maximum Gasteiger partial charge on any atom is 0.254 e. The van der Waals surface area contributed by atoms with Crippen molar-refractivity contribution in [3.63, 3.8) is 0 Å². The van der Waals surface area contributed by atoms with Crippen LogP contribution < -0.4 is 5.32 Å². The minimum Gasteiger partial charge on any atom is -0.370 e. The summed E-state index contributed by atoms with van der Waals surface area (Å²) in [4.78, 5) is 21.1. The molecule has 1 amide bonds. The number of nitrogens with zero attached hydrogens (tertiary/aromatic N) is 3. The van der Waals surface area contributed by atoms with E-state index in [1.807, 2.05) is 11.8 Å². The van der Waals surface area contributed by atoms with Gasteiger partial charge in [0.25, 0.3) is 5.91 Å². The number of piperazine rings is 1. The summed E-state index contributed by atoms with van der Waals surface area (Å²) < 4.78 is 0. The van der Waals surface area contributed by atoms with Gasteiger partial charge in [0.2, 0.25) is 0 Å². The molecule has 6 heteroatoms. The van der Waals surface area contributed by atoms with Crippen LogP contribution in [0.2, 0.25) is 5.15 Å². The second-order valence-corrected chi connectivity index (χ2v) is 6.06. The Hall–Kier alpha value is -1.33. The highest BCUT2D eigenvalue weighted by molar-refractivity contribution is 6.29. The largest absolute Gasteiger partial charge is 0.370 e. The molecule has 2 heterocycles. The third-order valence-corrected chi connectivity index (χ3v) is 4.24. The zero-order valence-electron chi connectivity index (χ0n) is 13.1. The van der Waals surface area contributed by atoms with Gasteiger partial charge in [-0.2, -0.15) is 0 Å². The van der Waals surface area contributed by atoms with E-state index < -0.39 is 0 Å². The number of aromatic nitrogens is 1. The van der Waals surface area contributed by atoms with Gasteiger partial charge in [-0.3, -0.25) is 9.69 Å². The van der Waals surface area contributed by atoms with Gasteiger partial charge < -0.3 is 10.2 Å². The van der Waals surface area contributed by atoms with Gasteiger partial charge in [-0.1, -0.05) is 11.6 Å². The van der Waals surface area contributed by atoms with Crippen molar-refractivity contribution in [2.75, 3.05) is 32.0 Å². The highest BCUT2D eigenvalue weighted by Gasteiger charge is 2.30. The lowest BCUT2D eigenvalue weighted by molar-refractivity contribution is 0.0414. The first-order valence-corrected chi connectivity index (χ1v) is 7.72. The summed E-state index contributed by atoms with van der Waals surface area (Å²) in [5.41, 5.74) is 0.593. The van der Waals surface area contributed by atoms with Crippen molar-refractivity contribution in [3.8, 4) is 0 Å². The third kappa shape index (κ3) is 3.66. The molecule has 1 saturated heterocycles. The second kappa shape index (κ2) is 6.62. The Morgan fingerprint density at radius 1 is 1.38 bits per heavy atom. The summed E-state index contributed by atoms with van der Waals surface area (Å²) in [6.45, 7) is 8.46. The summed E-state index contributed by atoms with van der Waals surface area (Å²) in [7, 11) is 2.10. The van der Waals surface area contributed by atoms with E-state index in [9.17, 15) is 4.79 Å². The molecule has 0 spiro atoms. The molecule has 5 nitrogen and oxygen atoms in total. The average Bonchev–Trinajstić information content (AvgIpc) is 2.43. The van der Waals surface area contributed by atoms with Crippen molar-refractivity contribution >= 4 is 23.3 Å². The molecular formula is C15H23ClN4O. The second-order valence-electron chi connectivity index (χ2n) is 5.67. The topological polar surface area (TPSA) is 48.5 Å². The van der Waals surface area contributed by atoms with Gasteiger partial charge in [-0.25, -0.2) is 4.98 Å². The predicted molar refractivity (Wildman–Crippen MR) is 86.0 cm³/mol. The molecule has 2 unspecified atom stereocenters. The molecule has 21 heavy (non-hydrogen) atoms. The lowest BCUT2D eigenvalue weighted by atomic mass is 10.1. The molecule has 1 aromatic rings. The molecule has 2 atom stereocenters. The van der Waals surface area contributed by atoms with Gasteiger partial charge >= 0.3 is 0 Å². The molecule has 1 aliphatic heterocycles. The number of nitrogens with one attached hydrogen (secondary N) is 1. The lowest BCUT2D eigenvalue weighted by Gasteiger charge is -2.42. The van der Waals surface area contributed by atoms with Gasteiger partial charge in [0.1, 0.15) is 11.0 Å². The van der Waals surface area contributed by atoms with E-state index in [0.717, 1.165) is 19.6 Å². The molecule has 116 valence electrons. The van der Waals surface area contributed by atoms with Gasteiger partial charge in [0.15, 0.2) is 0 Å². The first-order valence-electron chi connectivity index (χ1n) is 7.35. The van der Waals surface area contributed by atoms with Crippen LogP contribution in [0.25, 0.3) is 0 Å². The van der Waals surface area contributed by atoms with E-state index in [4.69, 9.17) is 11.6 Å². The number of amides is 1. The average molecular weight is 311 g/mol. The Balaban J connectivity index is 2.20. The maximum absolute atomic E-state index is 12.7. The van der Waals surface area contributed by atoms with Crippen LogP contribution >= 0.6 is 11.6 Å². The summed E-state index contributed by atoms with van der Waals surface area (Å²) in [5.74, 6) is 0.661. The molecule has 1 fully saturated rings.